The van der Waals surface area contributed by atoms with Gasteiger partial charge in [-0.05, 0) is 32.0 Å². The molecule has 0 atom stereocenters. The number of nitrogens with zero attached hydrogens (tertiary/aromatic N) is 1. The third kappa shape index (κ3) is 3.36. The van der Waals surface area contributed by atoms with Gasteiger partial charge in [0.1, 0.15) is 0 Å². The molecule has 0 unspecified atom stereocenters. The van der Waals surface area contributed by atoms with Crippen LogP contribution in [0.4, 0.5) is 0 Å². The smallest absolute Gasteiger partial charge is 0.419 e. The van der Waals surface area contributed by atoms with E-state index >= 15 is 0 Å². The standard InChI is InChI=1S/C15H18N2O5/c1-9(2)16-13(18)6-7-17-11-5-4-10(14(19)21-3)8-12(11)22-15(17)20/h4-5,8-9H,6-7H2,1-3H3,(H,16,18). The number of hydrogen-bond acceptors (Lipinski definition) is 5. The number of carbonyl (C=O) groups is 2. The van der Waals surface area contributed by atoms with Crippen molar-refractivity contribution in [1.29, 1.82) is 0 Å². The molecule has 1 aromatic carbocycles. The van der Waals surface area contributed by atoms with Crippen molar-refractivity contribution in [3.05, 3.63) is 34.3 Å². The molecule has 1 amide bonds. The number of oxazole rings is 1. The fourth-order valence-corrected chi connectivity index (χ4v) is 2.13. The van der Waals surface area contributed by atoms with Crippen molar-refractivity contribution in [3.8, 4) is 0 Å². The Balaban J connectivity index is 2.24. The normalized spacial score (nSPS) is 10.9. The van der Waals surface area contributed by atoms with Crippen molar-refractivity contribution in [1.82, 2.24) is 9.88 Å². The molecule has 7 heteroatoms. The molecule has 0 fully saturated rings. The molecule has 0 aliphatic rings. The number of hydrogen-bond donors (Lipinski definition) is 1. The number of amides is 1. The van der Waals surface area contributed by atoms with Crippen molar-refractivity contribution in [2.75, 3.05) is 7.11 Å². The Labute approximate surface area is 126 Å². The summed E-state index contributed by atoms with van der Waals surface area (Å²) in [4.78, 5) is 35.0. The molecular formula is C15H18N2O5. The Bertz CT molecular complexity index is 757. The first-order valence-corrected chi connectivity index (χ1v) is 6.93. The van der Waals surface area contributed by atoms with Gasteiger partial charge in [0.15, 0.2) is 5.58 Å². The number of carbonyl (C=O) groups excluding carboxylic acids is 2. The van der Waals surface area contributed by atoms with Crippen LogP contribution in [0.3, 0.4) is 0 Å². The average molecular weight is 306 g/mol. The van der Waals surface area contributed by atoms with Gasteiger partial charge in [0.2, 0.25) is 5.91 Å². The third-order valence-corrected chi connectivity index (χ3v) is 3.10. The highest BCUT2D eigenvalue weighted by molar-refractivity contribution is 5.93. The van der Waals surface area contributed by atoms with E-state index in [2.05, 4.69) is 10.1 Å². The lowest BCUT2D eigenvalue weighted by atomic mass is 10.2. The number of esters is 1. The summed E-state index contributed by atoms with van der Waals surface area (Å²) in [6.45, 7) is 3.94. The number of aromatic nitrogens is 1. The van der Waals surface area contributed by atoms with Crippen molar-refractivity contribution in [3.63, 3.8) is 0 Å². The summed E-state index contributed by atoms with van der Waals surface area (Å²) in [6, 6.07) is 4.65. The molecule has 1 heterocycles. The summed E-state index contributed by atoms with van der Waals surface area (Å²) < 4.78 is 11.1. The minimum Gasteiger partial charge on any atom is -0.465 e. The zero-order valence-corrected chi connectivity index (χ0v) is 12.7. The maximum atomic E-state index is 11.9. The van der Waals surface area contributed by atoms with E-state index in [9.17, 15) is 14.4 Å². The van der Waals surface area contributed by atoms with Crippen LogP contribution in [0, 0.1) is 0 Å². The van der Waals surface area contributed by atoms with Crippen LogP contribution in [0.5, 0.6) is 0 Å². The number of methoxy groups -OCH3 is 1. The molecule has 0 aliphatic heterocycles. The largest absolute Gasteiger partial charge is 0.465 e. The number of nitrogens with one attached hydrogen (secondary N) is 1. The van der Waals surface area contributed by atoms with E-state index in [-0.39, 0.29) is 30.5 Å². The molecule has 0 spiro atoms. The fraction of sp³-hybridized carbons (Fsp3) is 0.400. The molecule has 1 N–H and O–H groups in total. The van der Waals surface area contributed by atoms with Crippen molar-refractivity contribution < 1.29 is 18.7 Å². The Kier molecular flexibility index (Phi) is 4.65. The highest BCUT2D eigenvalue weighted by atomic mass is 16.5. The van der Waals surface area contributed by atoms with Gasteiger partial charge in [0.05, 0.1) is 18.2 Å². The summed E-state index contributed by atoms with van der Waals surface area (Å²) in [6.07, 6.45) is 0.172. The van der Waals surface area contributed by atoms with E-state index in [0.29, 0.717) is 11.1 Å². The van der Waals surface area contributed by atoms with Crippen LogP contribution >= 0.6 is 0 Å². The summed E-state index contributed by atoms with van der Waals surface area (Å²) in [7, 11) is 1.28. The van der Waals surface area contributed by atoms with Gasteiger partial charge in [-0.2, -0.15) is 0 Å². The Hall–Kier alpha value is -2.57. The molecule has 118 valence electrons. The summed E-state index contributed by atoms with van der Waals surface area (Å²) in [5.41, 5.74) is 1.13. The molecule has 0 bridgehead atoms. The lowest BCUT2D eigenvalue weighted by Crippen LogP contribution is -2.31. The van der Waals surface area contributed by atoms with Gasteiger partial charge in [-0.25, -0.2) is 9.59 Å². The van der Waals surface area contributed by atoms with Crippen LogP contribution in [-0.2, 0) is 16.1 Å². The number of rotatable bonds is 5. The molecule has 0 radical (unpaired) electrons. The SMILES string of the molecule is COC(=O)c1ccc2c(c1)oc(=O)n2CCC(=O)NC(C)C. The van der Waals surface area contributed by atoms with E-state index in [1.54, 1.807) is 12.1 Å². The maximum absolute atomic E-state index is 11.9. The van der Waals surface area contributed by atoms with Crippen LogP contribution < -0.4 is 11.1 Å². The minimum absolute atomic E-state index is 0.0490. The number of ether oxygens (including phenoxy) is 1. The number of fused-ring (bicyclic) bond motifs is 1. The van der Waals surface area contributed by atoms with Crippen molar-refractivity contribution >= 4 is 23.0 Å². The quantitative estimate of drug-likeness (QED) is 0.841. The predicted molar refractivity (Wildman–Crippen MR) is 79.7 cm³/mol. The van der Waals surface area contributed by atoms with Gasteiger partial charge in [-0.3, -0.25) is 9.36 Å². The van der Waals surface area contributed by atoms with Gasteiger partial charge in [-0.1, -0.05) is 0 Å². The Morgan fingerprint density at radius 1 is 1.36 bits per heavy atom. The predicted octanol–water partition coefficient (Wildman–Crippen LogP) is 1.30. The molecule has 22 heavy (non-hydrogen) atoms. The second kappa shape index (κ2) is 6.46. The number of benzene rings is 1. The molecule has 7 nitrogen and oxygen atoms in total. The van der Waals surface area contributed by atoms with Crippen LogP contribution in [-0.4, -0.2) is 29.6 Å². The summed E-state index contributed by atoms with van der Waals surface area (Å²) in [5, 5.41) is 2.76. The van der Waals surface area contributed by atoms with E-state index < -0.39 is 11.7 Å². The van der Waals surface area contributed by atoms with Gasteiger partial charge in [-0.15, -0.1) is 0 Å². The zero-order chi connectivity index (χ0) is 16.3. The van der Waals surface area contributed by atoms with E-state index in [1.807, 2.05) is 13.8 Å². The van der Waals surface area contributed by atoms with E-state index in [4.69, 9.17) is 4.42 Å². The molecule has 2 rings (SSSR count). The lowest BCUT2D eigenvalue weighted by molar-refractivity contribution is -0.121. The topological polar surface area (TPSA) is 90.5 Å². The molecular weight excluding hydrogens is 288 g/mol. The number of aryl methyl sites for hydroxylation is 1. The minimum atomic E-state index is -0.561. The van der Waals surface area contributed by atoms with Crippen LogP contribution in [0.1, 0.15) is 30.6 Å². The fourth-order valence-electron chi connectivity index (χ4n) is 2.13. The average Bonchev–Trinajstić information content (AvgIpc) is 2.78. The Morgan fingerprint density at radius 2 is 2.09 bits per heavy atom. The Morgan fingerprint density at radius 3 is 2.73 bits per heavy atom. The van der Waals surface area contributed by atoms with E-state index in [0.717, 1.165) is 0 Å². The highest BCUT2D eigenvalue weighted by Crippen LogP contribution is 2.16. The molecule has 2 aromatic rings. The molecule has 0 aliphatic carbocycles. The van der Waals surface area contributed by atoms with Crippen LogP contribution in [0.15, 0.2) is 27.4 Å². The second-order valence-electron chi connectivity index (χ2n) is 5.17. The molecule has 1 aromatic heterocycles. The lowest BCUT2D eigenvalue weighted by Gasteiger charge is -2.08. The van der Waals surface area contributed by atoms with Gasteiger partial charge in [0, 0.05) is 19.0 Å². The maximum Gasteiger partial charge on any atom is 0.419 e. The summed E-state index contributed by atoms with van der Waals surface area (Å²) in [5.74, 6) is -1.20. The van der Waals surface area contributed by atoms with Crippen molar-refractivity contribution in [2.24, 2.45) is 0 Å². The zero-order valence-electron chi connectivity index (χ0n) is 12.7. The molecule has 0 saturated carbocycles. The van der Waals surface area contributed by atoms with Crippen molar-refractivity contribution in [2.45, 2.75) is 32.9 Å². The first kappa shape index (κ1) is 15.8. The monoisotopic (exact) mass is 306 g/mol. The van der Waals surface area contributed by atoms with Gasteiger partial charge < -0.3 is 14.5 Å². The summed E-state index contributed by atoms with van der Waals surface area (Å²) >= 11 is 0. The highest BCUT2D eigenvalue weighted by Gasteiger charge is 2.14. The van der Waals surface area contributed by atoms with Gasteiger partial charge in [0.25, 0.3) is 0 Å². The first-order chi connectivity index (χ1) is 10.4. The van der Waals surface area contributed by atoms with Crippen LogP contribution in [0.25, 0.3) is 11.1 Å². The van der Waals surface area contributed by atoms with Crippen LogP contribution in [0.2, 0.25) is 0 Å². The second-order valence-corrected chi connectivity index (χ2v) is 5.17. The third-order valence-electron chi connectivity index (χ3n) is 3.10. The van der Waals surface area contributed by atoms with Gasteiger partial charge >= 0.3 is 11.7 Å². The first-order valence-electron chi connectivity index (χ1n) is 6.93. The van der Waals surface area contributed by atoms with E-state index in [1.165, 1.54) is 17.7 Å². The molecule has 0 saturated heterocycles.